The molecule has 21 heavy (non-hydrogen) atoms. The largest absolute Gasteiger partial charge is 0.399 e. The zero-order chi connectivity index (χ0) is 15.0. The van der Waals surface area contributed by atoms with Crippen molar-refractivity contribution in [2.45, 2.75) is 18.9 Å². The average Bonchev–Trinajstić information content (AvgIpc) is 2.83. The van der Waals surface area contributed by atoms with Gasteiger partial charge >= 0.3 is 0 Å². The minimum Gasteiger partial charge on any atom is -0.399 e. The number of benzene rings is 2. The number of aryl methyl sites for hydroxylation is 1. The van der Waals surface area contributed by atoms with Crippen LogP contribution in [0, 0.1) is 13.7 Å². The van der Waals surface area contributed by atoms with E-state index in [2.05, 4.69) is 34.0 Å². The number of fused-ring (bicyclic) bond motifs is 1. The number of nitro groups is 1. The second-order valence-corrected chi connectivity index (χ2v) is 6.28. The summed E-state index contributed by atoms with van der Waals surface area (Å²) < 4.78 is 0.852. The van der Waals surface area contributed by atoms with Gasteiger partial charge in [-0.1, -0.05) is 6.07 Å². The number of anilines is 2. The molecule has 0 fully saturated rings. The van der Waals surface area contributed by atoms with Crippen LogP contribution in [0.15, 0.2) is 36.4 Å². The maximum atomic E-state index is 10.8. The minimum absolute atomic E-state index is 0.115. The Morgan fingerprint density at radius 3 is 2.81 bits per heavy atom. The van der Waals surface area contributed by atoms with Crippen molar-refractivity contribution in [2.75, 3.05) is 11.1 Å². The molecule has 0 saturated heterocycles. The molecule has 0 radical (unpaired) electrons. The van der Waals surface area contributed by atoms with Crippen LogP contribution in [0.4, 0.5) is 17.1 Å². The summed E-state index contributed by atoms with van der Waals surface area (Å²) in [4.78, 5) is 10.4. The number of nitrogens with two attached hydrogens (primary N) is 1. The number of hydrogen-bond acceptors (Lipinski definition) is 4. The first-order valence-electron chi connectivity index (χ1n) is 6.63. The molecule has 0 bridgehead atoms. The fraction of sp³-hybridized carbons (Fsp3) is 0.200. The Hall–Kier alpha value is -1.83. The molecule has 0 aliphatic heterocycles. The Balaban J connectivity index is 1.84. The van der Waals surface area contributed by atoms with Crippen molar-refractivity contribution in [3.05, 3.63) is 61.2 Å². The van der Waals surface area contributed by atoms with Crippen molar-refractivity contribution in [2.24, 2.45) is 0 Å². The maximum absolute atomic E-state index is 10.8. The van der Waals surface area contributed by atoms with Gasteiger partial charge in [-0.3, -0.25) is 10.1 Å². The first-order valence-corrected chi connectivity index (χ1v) is 7.71. The van der Waals surface area contributed by atoms with Gasteiger partial charge in [0.05, 0.1) is 11.0 Å². The molecule has 0 spiro atoms. The third-order valence-electron chi connectivity index (χ3n) is 3.74. The van der Waals surface area contributed by atoms with E-state index in [-0.39, 0.29) is 16.7 Å². The number of nitrogens with one attached hydrogen (secondary N) is 1. The van der Waals surface area contributed by atoms with Crippen LogP contribution in [0.5, 0.6) is 0 Å². The molecule has 1 aliphatic carbocycles. The second-order valence-electron chi connectivity index (χ2n) is 5.12. The number of hydrogen-bond donors (Lipinski definition) is 2. The summed E-state index contributed by atoms with van der Waals surface area (Å²) in [6.45, 7) is 0. The van der Waals surface area contributed by atoms with Crippen molar-refractivity contribution >= 4 is 39.7 Å². The number of non-ortho nitro benzene ring substituents is 1. The Labute approximate surface area is 135 Å². The molecular weight excluding hydrogens is 381 g/mol. The van der Waals surface area contributed by atoms with Gasteiger partial charge in [-0.15, -0.1) is 0 Å². The summed E-state index contributed by atoms with van der Waals surface area (Å²) in [6.07, 6.45) is 2.01. The van der Waals surface area contributed by atoms with Crippen molar-refractivity contribution in [3.63, 3.8) is 0 Å². The average molecular weight is 395 g/mol. The molecule has 3 rings (SSSR count). The van der Waals surface area contributed by atoms with Gasteiger partial charge in [0.1, 0.15) is 0 Å². The third-order valence-corrected chi connectivity index (χ3v) is 4.63. The van der Waals surface area contributed by atoms with Gasteiger partial charge in [0.15, 0.2) is 0 Å². The Morgan fingerprint density at radius 1 is 1.29 bits per heavy atom. The first-order chi connectivity index (χ1) is 10.0. The summed E-state index contributed by atoms with van der Waals surface area (Å²) in [5.74, 6) is 0. The van der Waals surface area contributed by atoms with E-state index in [0.717, 1.165) is 27.8 Å². The molecule has 0 aromatic heterocycles. The molecule has 1 aliphatic rings. The lowest BCUT2D eigenvalue weighted by Crippen LogP contribution is -2.08. The zero-order valence-electron chi connectivity index (χ0n) is 11.2. The van der Waals surface area contributed by atoms with Crippen LogP contribution in [0.2, 0.25) is 0 Å². The quantitative estimate of drug-likeness (QED) is 0.358. The topological polar surface area (TPSA) is 81.2 Å². The van der Waals surface area contributed by atoms with Crippen LogP contribution >= 0.6 is 22.6 Å². The fourth-order valence-electron chi connectivity index (χ4n) is 2.71. The van der Waals surface area contributed by atoms with Crippen LogP contribution in [-0.4, -0.2) is 4.92 Å². The van der Waals surface area contributed by atoms with Gasteiger partial charge in [-0.05, 0) is 64.8 Å². The van der Waals surface area contributed by atoms with E-state index in [4.69, 9.17) is 5.73 Å². The molecule has 0 amide bonds. The summed E-state index contributed by atoms with van der Waals surface area (Å²) in [5.41, 5.74) is 10.2. The van der Waals surface area contributed by atoms with Crippen LogP contribution < -0.4 is 11.1 Å². The highest BCUT2D eigenvalue weighted by Gasteiger charge is 2.23. The van der Waals surface area contributed by atoms with Gasteiger partial charge in [-0.2, -0.15) is 0 Å². The summed E-state index contributed by atoms with van der Waals surface area (Å²) in [7, 11) is 0. The van der Waals surface area contributed by atoms with E-state index in [9.17, 15) is 10.1 Å². The highest BCUT2D eigenvalue weighted by Crippen LogP contribution is 2.36. The standard InChI is InChI=1S/C15H14IN3O2/c16-13-8-11(19(20)21)3-6-15(13)18-14-5-1-9-7-10(17)2-4-12(9)14/h2-4,6-8,14,18H,1,5,17H2. The molecule has 0 saturated carbocycles. The van der Waals surface area contributed by atoms with E-state index < -0.39 is 0 Å². The molecule has 108 valence electrons. The van der Waals surface area contributed by atoms with Crippen molar-refractivity contribution in [1.82, 2.24) is 0 Å². The molecule has 1 atom stereocenters. The lowest BCUT2D eigenvalue weighted by atomic mass is 10.1. The van der Waals surface area contributed by atoms with Crippen molar-refractivity contribution in [1.29, 1.82) is 0 Å². The van der Waals surface area contributed by atoms with E-state index in [1.807, 2.05) is 12.1 Å². The number of halogens is 1. The van der Waals surface area contributed by atoms with Gasteiger partial charge in [0.2, 0.25) is 0 Å². The van der Waals surface area contributed by atoms with Crippen LogP contribution in [-0.2, 0) is 6.42 Å². The highest BCUT2D eigenvalue weighted by atomic mass is 127. The number of nitrogen functional groups attached to an aromatic ring is 1. The lowest BCUT2D eigenvalue weighted by molar-refractivity contribution is -0.384. The summed E-state index contributed by atoms with van der Waals surface area (Å²) in [6, 6.07) is 11.1. The lowest BCUT2D eigenvalue weighted by Gasteiger charge is -2.17. The molecule has 1 unspecified atom stereocenters. The molecule has 5 nitrogen and oxygen atoms in total. The molecule has 2 aromatic rings. The summed E-state index contributed by atoms with van der Waals surface area (Å²) >= 11 is 2.12. The molecule has 3 N–H and O–H groups in total. The Kier molecular flexibility index (Phi) is 3.71. The zero-order valence-corrected chi connectivity index (χ0v) is 13.3. The van der Waals surface area contributed by atoms with Crippen LogP contribution in [0.3, 0.4) is 0 Å². The maximum Gasteiger partial charge on any atom is 0.270 e. The van der Waals surface area contributed by atoms with Crippen LogP contribution in [0.25, 0.3) is 0 Å². The van der Waals surface area contributed by atoms with Crippen LogP contribution in [0.1, 0.15) is 23.6 Å². The van der Waals surface area contributed by atoms with E-state index >= 15 is 0 Å². The molecule has 2 aromatic carbocycles. The predicted octanol–water partition coefficient (Wildman–Crippen LogP) is 3.88. The molecular formula is C15H14IN3O2. The smallest absolute Gasteiger partial charge is 0.270 e. The Morgan fingerprint density at radius 2 is 2.10 bits per heavy atom. The van der Waals surface area contributed by atoms with Gasteiger partial charge in [0, 0.05) is 27.1 Å². The van der Waals surface area contributed by atoms with E-state index in [1.54, 1.807) is 12.1 Å². The Bertz CT molecular complexity index is 718. The molecule has 0 heterocycles. The van der Waals surface area contributed by atoms with Crippen molar-refractivity contribution in [3.8, 4) is 0 Å². The third kappa shape index (κ3) is 2.80. The summed E-state index contributed by atoms with van der Waals surface area (Å²) in [5, 5.41) is 14.3. The molecule has 6 heteroatoms. The number of rotatable bonds is 3. The van der Waals surface area contributed by atoms with Gasteiger partial charge in [0.25, 0.3) is 5.69 Å². The first kappa shape index (κ1) is 14.1. The number of nitro benzene ring substituents is 1. The normalized spacial score (nSPS) is 16.5. The second kappa shape index (κ2) is 5.51. The van der Waals surface area contributed by atoms with Gasteiger partial charge in [-0.25, -0.2) is 0 Å². The van der Waals surface area contributed by atoms with Gasteiger partial charge < -0.3 is 11.1 Å². The predicted molar refractivity (Wildman–Crippen MR) is 91.4 cm³/mol. The van der Waals surface area contributed by atoms with E-state index in [0.29, 0.717) is 0 Å². The van der Waals surface area contributed by atoms with Crippen molar-refractivity contribution < 1.29 is 4.92 Å². The highest BCUT2D eigenvalue weighted by molar-refractivity contribution is 14.1. The minimum atomic E-state index is -0.375. The van der Waals surface area contributed by atoms with E-state index in [1.165, 1.54) is 17.2 Å². The fourth-order valence-corrected chi connectivity index (χ4v) is 3.36. The number of nitrogens with zero attached hydrogens (tertiary/aromatic N) is 1. The monoisotopic (exact) mass is 395 g/mol. The SMILES string of the molecule is Nc1ccc2c(c1)CCC2Nc1ccc([N+](=O)[O-])cc1I.